The number of piperidine rings is 1. The van der Waals surface area contributed by atoms with Gasteiger partial charge in [0.1, 0.15) is 5.56 Å². The normalized spacial score (nSPS) is 17.6. The second-order valence-corrected chi connectivity index (χ2v) is 7.09. The Morgan fingerprint density at radius 3 is 2.72 bits per heavy atom. The van der Waals surface area contributed by atoms with E-state index >= 15 is 0 Å². The molecule has 0 bridgehead atoms. The zero-order chi connectivity index (χ0) is 18.1. The van der Waals surface area contributed by atoms with E-state index in [4.69, 9.17) is 11.6 Å². The van der Waals surface area contributed by atoms with Crippen LogP contribution in [-0.2, 0) is 0 Å². The minimum absolute atomic E-state index is 0.215. The van der Waals surface area contributed by atoms with E-state index in [1.54, 1.807) is 25.3 Å². The molecule has 1 fully saturated rings. The molecule has 1 saturated heterocycles. The van der Waals surface area contributed by atoms with Crippen LogP contribution in [-0.4, -0.2) is 28.7 Å². The van der Waals surface area contributed by atoms with E-state index < -0.39 is 11.5 Å². The SMILES string of the molecule is Cc1ccn(-c2ccc(N3CCCC(C)C3)c(Cl)c2)c(=O)c1C(=O)O. The number of anilines is 1. The summed E-state index contributed by atoms with van der Waals surface area (Å²) in [6.45, 7) is 5.78. The monoisotopic (exact) mass is 360 g/mol. The molecule has 1 aliphatic heterocycles. The summed E-state index contributed by atoms with van der Waals surface area (Å²) in [5.74, 6) is -0.593. The third-order valence-electron chi connectivity index (χ3n) is 4.72. The van der Waals surface area contributed by atoms with Gasteiger partial charge >= 0.3 is 5.97 Å². The molecule has 2 heterocycles. The Kier molecular flexibility index (Phi) is 4.86. The van der Waals surface area contributed by atoms with Crippen LogP contribution in [0.4, 0.5) is 5.69 Å². The van der Waals surface area contributed by atoms with E-state index in [0.717, 1.165) is 25.2 Å². The first kappa shape index (κ1) is 17.5. The Morgan fingerprint density at radius 1 is 1.32 bits per heavy atom. The standard InChI is InChI=1S/C19H21ClN2O3/c1-12-4-3-8-21(11-12)16-6-5-14(10-15(16)20)22-9-7-13(2)17(18(22)23)19(24)25/h5-7,9-10,12H,3-4,8,11H2,1-2H3,(H,24,25). The average molecular weight is 361 g/mol. The molecule has 132 valence electrons. The minimum Gasteiger partial charge on any atom is -0.477 e. The third kappa shape index (κ3) is 3.42. The van der Waals surface area contributed by atoms with Crippen LogP contribution >= 0.6 is 11.6 Å². The van der Waals surface area contributed by atoms with Gasteiger partial charge in [-0.2, -0.15) is 0 Å². The Labute approximate surface area is 151 Å². The number of nitrogens with zero attached hydrogens (tertiary/aromatic N) is 2. The maximum Gasteiger partial charge on any atom is 0.341 e. The van der Waals surface area contributed by atoms with Crippen LogP contribution in [0.3, 0.4) is 0 Å². The zero-order valence-corrected chi connectivity index (χ0v) is 15.1. The van der Waals surface area contributed by atoms with Crippen LogP contribution in [0.15, 0.2) is 35.3 Å². The van der Waals surface area contributed by atoms with Gasteiger partial charge in [-0.15, -0.1) is 0 Å². The van der Waals surface area contributed by atoms with Crippen molar-refractivity contribution < 1.29 is 9.90 Å². The highest BCUT2D eigenvalue weighted by Gasteiger charge is 2.20. The van der Waals surface area contributed by atoms with Gasteiger partial charge in [-0.1, -0.05) is 18.5 Å². The summed E-state index contributed by atoms with van der Waals surface area (Å²) >= 11 is 6.47. The second-order valence-electron chi connectivity index (χ2n) is 6.68. The number of benzene rings is 1. The van der Waals surface area contributed by atoms with E-state index in [0.29, 0.717) is 22.2 Å². The summed E-state index contributed by atoms with van der Waals surface area (Å²) in [6.07, 6.45) is 3.94. The maximum atomic E-state index is 12.5. The fraction of sp³-hybridized carbons (Fsp3) is 0.368. The van der Waals surface area contributed by atoms with E-state index in [2.05, 4.69) is 11.8 Å². The first-order valence-electron chi connectivity index (χ1n) is 8.39. The van der Waals surface area contributed by atoms with Crippen LogP contribution in [0.2, 0.25) is 5.02 Å². The first-order valence-corrected chi connectivity index (χ1v) is 8.76. The van der Waals surface area contributed by atoms with Gasteiger partial charge in [0.25, 0.3) is 5.56 Å². The van der Waals surface area contributed by atoms with Gasteiger partial charge < -0.3 is 10.0 Å². The van der Waals surface area contributed by atoms with Crippen LogP contribution in [0, 0.1) is 12.8 Å². The van der Waals surface area contributed by atoms with Crippen LogP contribution in [0.1, 0.15) is 35.7 Å². The molecular weight excluding hydrogens is 340 g/mol. The molecule has 2 aromatic rings. The molecule has 6 heteroatoms. The number of aromatic carboxylic acids is 1. The van der Waals surface area contributed by atoms with Gasteiger partial charge in [-0.25, -0.2) is 4.79 Å². The lowest BCUT2D eigenvalue weighted by atomic mass is 10.00. The zero-order valence-electron chi connectivity index (χ0n) is 14.3. The van der Waals surface area contributed by atoms with Crippen molar-refractivity contribution in [3.63, 3.8) is 0 Å². The molecule has 1 atom stereocenters. The lowest BCUT2D eigenvalue weighted by Crippen LogP contribution is -2.34. The molecule has 1 unspecified atom stereocenters. The summed E-state index contributed by atoms with van der Waals surface area (Å²) < 4.78 is 1.32. The molecular formula is C19H21ClN2O3. The Hall–Kier alpha value is -2.27. The number of pyridine rings is 1. The van der Waals surface area contributed by atoms with Crippen LogP contribution in [0.25, 0.3) is 5.69 Å². The lowest BCUT2D eigenvalue weighted by Gasteiger charge is -2.33. The highest BCUT2D eigenvalue weighted by atomic mass is 35.5. The fourth-order valence-electron chi connectivity index (χ4n) is 3.40. The number of rotatable bonds is 3. The van der Waals surface area contributed by atoms with Crippen molar-refractivity contribution in [1.82, 2.24) is 4.57 Å². The molecule has 0 radical (unpaired) electrons. The first-order chi connectivity index (χ1) is 11.9. The third-order valence-corrected chi connectivity index (χ3v) is 5.02. The number of hydrogen-bond acceptors (Lipinski definition) is 3. The highest BCUT2D eigenvalue weighted by Crippen LogP contribution is 2.31. The van der Waals surface area contributed by atoms with Gasteiger partial charge in [0.15, 0.2) is 0 Å². The molecule has 25 heavy (non-hydrogen) atoms. The molecule has 1 N–H and O–H groups in total. The van der Waals surface area contributed by atoms with Crippen molar-refractivity contribution in [2.75, 3.05) is 18.0 Å². The Balaban J connectivity index is 2.00. The number of carboxylic acids is 1. The van der Waals surface area contributed by atoms with Gasteiger partial charge in [0, 0.05) is 19.3 Å². The average Bonchev–Trinajstić information content (AvgIpc) is 2.54. The molecule has 5 nitrogen and oxygen atoms in total. The number of hydrogen-bond donors (Lipinski definition) is 1. The molecule has 3 rings (SSSR count). The predicted molar refractivity (Wildman–Crippen MR) is 99.4 cm³/mol. The van der Waals surface area contributed by atoms with Crippen molar-refractivity contribution in [2.24, 2.45) is 5.92 Å². The van der Waals surface area contributed by atoms with Gasteiger partial charge in [-0.05, 0) is 55.5 Å². The predicted octanol–water partition coefficient (Wildman–Crippen LogP) is 3.73. The summed E-state index contributed by atoms with van der Waals surface area (Å²) in [5, 5.41) is 9.83. The molecule has 1 aromatic carbocycles. The van der Waals surface area contributed by atoms with Gasteiger partial charge in [0.05, 0.1) is 16.4 Å². The molecule has 0 aliphatic carbocycles. The van der Waals surface area contributed by atoms with Crippen molar-refractivity contribution in [2.45, 2.75) is 26.7 Å². The summed E-state index contributed by atoms with van der Waals surface area (Å²) in [4.78, 5) is 26.1. The smallest absolute Gasteiger partial charge is 0.341 e. The summed E-state index contributed by atoms with van der Waals surface area (Å²) in [7, 11) is 0. The van der Waals surface area contributed by atoms with E-state index in [1.807, 2.05) is 12.1 Å². The summed E-state index contributed by atoms with van der Waals surface area (Å²) in [5.41, 5.74) is 1.19. The van der Waals surface area contributed by atoms with Crippen LogP contribution < -0.4 is 10.5 Å². The van der Waals surface area contributed by atoms with Gasteiger partial charge in [0.2, 0.25) is 0 Å². The van der Waals surface area contributed by atoms with Crippen molar-refractivity contribution in [1.29, 1.82) is 0 Å². The Bertz CT molecular complexity index is 875. The largest absolute Gasteiger partial charge is 0.477 e. The topological polar surface area (TPSA) is 62.5 Å². The molecule has 0 spiro atoms. The van der Waals surface area contributed by atoms with E-state index in [9.17, 15) is 14.7 Å². The number of aromatic nitrogens is 1. The van der Waals surface area contributed by atoms with Crippen molar-refractivity contribution in [3.8, 4) is 5.69 Å². The number of carboxylic acid groups (broad SMARTS) is 1. The highest BCUT2D eigenvalue weighted by molar-refractivity contribution is 6.33. The quantitative estimate of drug-likeness (QED) is 0.905. The summed E-state index contributed by atoms with van der Waals surface area (Å²) in [6, 6.07) is 7.06. The molecule has 1 aromatic heterocycles. The molecule has 0 saturated carbocycles. The fourth-order valence-corrected chi connectivity index (χ4v) is 3.69. The molecule has 1 aliphatic rings. The molecule has 0 amide bonds. The number of halogens is 1. The van der Waals surface area contributed by atoms with Gasteiger partial charge in [-0.3, -0.25) is 9.36 Å². The number of aryl methyl sites for hydroxylation is 1. The van der Waals surface area contributed by atoms with E-state index in [1.165, 1.54) is 11.0 Å². The minimum atomic E-state index is -1.22. The second kappa shape index (κ2) is 6.92. The van der Waals surface area contributed by atoms with Crippen LogP contribution in [0.5, 0.6) is 0 Å². The van der Waals surface area contributed by atoms with Crippen molar-refractivity contribution in [3.05, 3.63) is 57.0 Å². The maximum absolute atomic E-state index is 12.5. The van der Waals surface area contributed by atoms with E-state index in [-0.39, 0.29) is 5.56 Å². The van der Waals surface area contributed by atoms with Crippen molar-refractivity contribution >= 4 is 23.3 Å². The lowest BCUT2D eigenvalue weighted by molar-refractivity contribution is 0.0693. The number of carbonyl (C=O) groups is 1. The Morgan fingerprint density at radius 2 is 2.08 bits per heavy atom.